The zero-order valence-electron chi connectivity index (χ0n) is 12.0. The van der Waals surface area contributed by atoms with E-state index in [1.54, 1.807) is 0 Å². The molecule has 1 aliphatic carbocycles. The Morgan fingerprint density at radius 2 is 1.79 bits per heavy atom. The van der Waals surface area contributed by atoms with Crippen molar-refractivity contribution >= 4 is 23.2 Å². The van der Waals surface area contributed by atoms with E-state index in [0.717, 1.165) is 22.9 Å². The fraction of sp³-hybridized carbons (Fsp3) is 0.647. The smallest absolute Gasteiger partial charge is 0.0588 e. The second kappa shape index (κ2) is 6.99. The maximum Gasteiger partial charge on any atom is 0.0588 e. The first-order valence-corrected chi connectivity index (χ1v) is 8.30. The summed E-state index contributed by atoms with van der Waals surface area (Å²) in [6, 6.07) is 4.21. The summed E-state index contributed by atoms with van der Waals surface area (Å²) in [7, 11) is 0. The van der Waals surface area contributed by atoms with Crippen LogP contribution in [0.3, 0.4) is 0 Å². The summed E-state index contributed by atoms with van der Waals surface area (Å²) in [5.41, 5.74) is 3.62. The Kier molecular flexibility index (Phi) is 5.59. The lowest BCUT2D eigenvalue weighted by Crippen LogP contribution is -2.07. The van der Waals surface area contributed by atoms with E-state index < -0.39 is 0 Å². The van der Waals surface area contributed by atoms with Gasteiger partial charge in [-0.15, -0.1) is 11.6 Å². The molecule has 1 aliphatic rings. The maximum absolute atomic E-state index is 6.61. The van der Waals surface area contributed by atoms with Crippen LogP contribution in [0.15, 0.2) is 12.1 Å². The average Bonchev–Trinajstić information content (AvgIpc) is 2.41. The quantitative estimate of drug-likeness (QED) is 0.550. The SMILES string of the molecule is Cc1cc(C(Cl)CCC2CCCCC2)c(C)cc1Cl. The Morgan fingerprint density at radius 3 is 2.47 bits per heavy atom. The first-order valence-electron chi connectivity index (χ1n) is 7.48. The molecule has 0 nitrogen and oxygen atoms in total. The molecule has 0 saturated heterocycles. The molecule has 106 valence electrons. The van der Waals surface area contributed by atoms with E-state index in [4.69, 9.17) is 23.2 Å². The van der Waals surface area contributed by atoms with Gasteiger partial charge in [0.1, 0.15) is 0 Å². The van der Waals surface area contributed by atoms with Gasteiger partial charge in [-0.05, 0) is 55.4 Å². The average molecular weight is 299 g/mol. The van der Waals surface area contributed by atoms with Crippen LogP contribution in [0.1, 0.15) is 67.0 Å². The van der Waals surface area contributed by atoms with Gasteiger partial charge in [0, 0.05) is 5.02 Å². The van der Waals surface area contributed by atoms with Crippen molar-refractivity contribution in [2.45, 2.75) is 64.2 Å². The predicted octanol–water partition coefficient (Wildman–Crippen LogP) is 6.60. The Morgan fingerprint density at radius 1 is 1.11 bits per heavy atom. The van der Waals surface area contributed by atoms with Gasteiger partial charge in [0.2, 0.25) is 0 Å². The summed E-state index contributed by atoms with van der Waals surface area (Å²) in [5.74, 6) is 0.906. The molecular weight excluding hydrogens is 275 g/mol. The van der Waals surface area contributed by atoms with E-state index >= 15 is 0 Å². The van der Waals surface area contributed by atoms with Gasteiger partial charge in [0.05, 0.1) is 5.38 Å². The molecule has 1 unspecified atom stereocenters. The number of hydrogen-bond donors (Lipinski definition) is 0. The Balaban J connectivity index is 1.95. The number of aryl methyl sites for hydroxylation is 2. The minimum atomic E-state index is 0.137. The van der Waals surface area contributed by atoms with Crippen LogP contribution < -0.4 is 0 Å². The van der Waals surface area contributed by atoms with E-state index in [1.807, 2.05) is 6.07 Å². The third kappa shape index (κ3) is 4.13. The zero-order valence-corrected chi connectivity index (χ0v) is 13.5. The van der Waals surface area contributed by atoms with Crippen molar-refractivity contribution in [3.05, 3.63) is 33.8 Å². The highest BCUT2D eigenvalue weighted by Crippen LogP contribution is 2.35. The molecule has 0 aromatic heterocycles. The van der Waals surface area contributed by atoms with Gasteiger partial charge >= 0.3 is 0 Å². The molecule has 19 heavy (non-hydrogen) atoms. The Labute approximate surface area is 127 Å². The van der Waals surface area contributed by atoms with Crippen molar-refractivity contribution < 1.29 is 0 Å². The van der Waals surface area contributed by atoms with Gasteiger partial charge < -0.3 is 0 Å². The van der Waals surface area contributed by atoms with Gasteiger partial charge in [0.15, 0.2) is 0 Å². The standard InChI is InChI=1S/C17H24Cl2/c1-12-11-17(19)13(2)10-15(12)16(18)9-8-14-6-4-3-5-7-14/h10-11,14,16H,3-9H2,1-2H3. The fourth-order valence-electron chi connectivity index (χ4n) is 3.15. The van der Waals surface area contributed by atoms with E-state index in [0.29, 0.717) is 0 Å². The molecule has 1 aromatic rings. The summed E-state index contributed by atoms with van der Waals surface area (Å²) in [4.78, 5) is 0. The van der Waals surface area contributed by atoms with Crippen molar-refractivity contribution in [2.75, 3.05) is 0 Å². The minimum absolute atomic E-state index is 0.137. The lowest BCUT2D eigenvalue weighted by atomic mass is 9.85. The van der Waals surface area contributed by atoms with Crippen molar-refractivity contribution in [3.63, 3.8) is 0 Å². The predicted molar refractivity (Wildman–Crippen MR) is 85.3 cm³/mol. The molecule has 0 bridgehead atoms. The van der Waals surface area contributed by atoms with Crippen molar-refractivity contribution in [3.8, 4) is 0 Å². The van der Waals surface area contributed by atoms with Crippen LogP contribution >= 0.6 is 23.2 Å². The highest BCUT2D eigenvalue weighted by molar-refractivity contribution is 6.31. The number of rotatable bonds is 4. The molecular formula is C17H24Cl2. The summed E-state index contributed by atoms with van der Waals surface area (Å²) >= 11 is 12.8. The maximum atomic E-state index is 6.61. The lowest BCUT2D eigenvalue weighted by molar-refractivity contribution is 0.331. The van der Waals surface area contributed by atoms with Crippen molar-refractivity contribution in [1.29, 1.82) is 0 Å². The van der Waals surface area contributed by atoms with Gasteiger partial charge in [-0.2, -0.15) is 0 Å². The molecule has 0 heterocycles. The molecule has 2 heteroatoms. The first-order chi connectivity index (χ1) is 9.08. The molecule has 1 atom stereocenters. The lowest BCUT2D eigenvalue weighted by Gasteiger charge is -2.23. The molecule has 0 amide bonds. The Hall–Kier alpha value is -0.200. The van der Waals surface area contributed by atoms with Gasteiger partial charge in [-0.25, -0.2) is 0 Å². The van der Waals surface area contributed by atoms with Crippen LogP contribution in [0.4, 0.5) is 0 Å². The van der Waals surface area contributed by atoms with Crippen LogP contribution in [0.5, 0.6) is 0 Å². The number of halogens is 2. The number of benzene rings is 1. The largest absolute Gasteiger partial charge is 0.118 e. The highest BCUT2D eigenvalue weighted by atomic mass is 35.5. The third-order valence-corrected chi connectivity index (χ3v) is 5.30. The summed E-state index contributed by atoms with van der Waals surface area (Å²) in [6.07, 6.45) is 9.43. The molecule has 0 N–H and O–H groups in total. The third-order valence-electron chi connectivity index (χ3n) is 4.44. The number of alkyl halides is 1. The topological polar surface area (TPSA) is 0 Å². The van der Waals surface area contributed by atoms with Gasteiger partial charge in [0.25, 0.3) is 0 Å². The van der Waals surface area contributed by atoms with E-state index in [-0.39, 0.29) is 5.38 Å². The van der Waals surface area contributed by atoms with Crippen molar-refractivity contribution in [2.24, 2.45) is 5.92 Å². The second-order valence-corrected chi connectivity index (χ2v) is 6.94. The monoisotopic (exact) mass is 298 g/mol. The van der Waals surface area contributed by atoms with E-state index in [2.05, 4.69) is 19.9 Å². The summed E-state index contributed by atoms with van der Waals surface area (Å²) in [6.45, 7) is 4.16. The van der Waals surface area contributed by atoms with Crippen LogP contribution in [0.2, 0.25) is 5.02 Å². The fourth-order valence-corrected chi connectivity index (χ4v) is 3.73. The molecule has 0 spiro atoms. The molecule has 0 aliphatic heterocycles. The summed E-state index contributed by atoms with van der Waals surface area (Å²) < 4.78 is 0. The normalized spacial score (nSPS) is 18.5. The zero-order chi connectivity index (χ0) is 13.8. The van der Waals surface area contributed by atoms with Crippen LogP contribution in [0, 0.1) is 19.8 Å². The van der Waals surface area contributed by atoms with Gasteiger partial charge in [-0.1, -0.05) is 49.8 Å². The minimum Gasteiger partial charge on any atom is -0.118 e. The second-order valence-electron chi connectivity index (χ2n) is 6.01. The van der Waals surface area contributed by atoms with Crippen LogP contribution in [-0.4, -0.2) is 0 Å². The molecule has 0 radical (unpaired) electrons. The van der Waals surface area contributed by atoms with Crippen LogP contribution in [-0.2, 0) is 0 Å². The number of hydrogen-bond acceptors (Lipinski definition) is 0. The molecule has 2 rings (SSSR count). The van der Waals surface area contributed by atoms with Gasteiger partial charge in [-0.3, -0.25) is 0 Å². The Bertz CT molecular complexity index is 420. The first kappa shape index (κ1) is 15.2. The van der Waals surface area contributed by atoms with E-state index in [9.17, 15) is 0 Å². The molecule has 1 fully saturated rings. The summed E-state index contributed by atoms with van der Waals surface area (Å²) in [5, 5.41) is 0.982. The van der Waals surface area contributed by atoms with Crippen LogP contribution in [0.25, 0.3) is 0 Å². The molecule has 1 aromatic carbocycles. The highest BCUT2D eigenvalue weighted by Gasteiger charge is 2.17. The van der Waals surface area contributed by atoms with E-state index in [1.165, 1.54) is 49.7 Å². The molecule has 1 saturated carbocycles. The van der Waals surface area contributed by atoms with Crippen molar-refractivity contribution in [1.82, 2.24) is 0 Å².